The largest absolute Gasteiger partial charge is 0.469 e. The average Bonchev–Trinajstić information content (AvgIpc) is 2.90. The summed E-state index contributed by atoms with van der Waals surface area (Å²) in [7, 11) is -0.601. The summed E-state index contributed by atoms with van der Waals surface area (Å²) < 4.78 is 11.2. The Kier molecular flexibility index (Phi) is 11.4. The molecule has 0 bridgehead atoms. The maximum absolute atomic E-state index is 13.8. The molecule has 2 aromatic rings. The van der Waals surface area contributed by atoms with E-state index in [1.165, 1.54) is 18.9 Å². The molecule has 1 saturated carbocycles. The van der Waals surface area contributed by atoms with Crippen molar-refractivity contribution in [2.75, 3.05) is 31.4 Å². The second-order valence-electron chi connectivity index (χ2n) is 11.7. The maximum Gasteiger partial charge on any atom is 0.305 e. The predicted octanol–water partition coefficient (Wildman–Crippen LogP) is 7.41. The molecule has 0 aromatic carbocycles. The van der Waals surface area contributed by atoms with Crippen LogP contribution in [-0.2, 0) is 14.0 Å². The van der Waals surface area contributed by atoms with E-state index in [1.54, 1.807) is 11.1 Å². The summed E-state index contributed by atoms with van der Waals surface area (Å²) in [5.74, 6) is 0.109. The quantitative estimate of drug-likeness (QED) is 0.0884. The molecule has 0 radical (unpaired) electrons. The van der Waals surface area contributed by atoms with Crippen LogP contribution in [0.15, 0.2) is 23.5 Å². The highest BCUT2D eigenvalue weighted by molar-refractivity contribution is 7.98. The van der Waals surface area contributed by atoms with Gasteiger partial charge in [0.15, 0.2) is 13.5 Å². The van der Waals surface area contributed by atoms with E-state index in [9.17, 15) is 9.59 Å². The van der Waals surface area contributed by atoms with Gasteiger partial charge in [-0.25, -0.2) is 9.97 Å². The molecule has 0 aliphatic heterocycles. The van der Waals surface area contributed by atoms with Crippen LogP contribution < -0.4 is 4.90 Å². The molecule has 2 heterocycles. The van der Waals surface area contributed by atoms with E-state index in [1.807, 2.05) is 18.4 Å². The van der Waals surface area contributed by atoms with Gasteiger partial charge in [-0.05, 0) is 68.1 Å². The van der Waals surface area contributed by atoms with Crippen LogP contribution in [0.4, 0.5) is 5.69 Å². The van der Waals surface area contributed by atoms with Crippen molar-refractivity contribution in [2.45, 2.75) is 82.1 Å². The van der Waals surface area contributed by atoms with Crippen molar-refractivity contribution in [3.8, 4) is 0 Å². The number of carbonyl (C=O) groups excluding carboxylic acids is 2. The molecule has 3 rings (SSSR count). The van der Waals surface area contributed by atoms with Gasteiger partial charge >= 0.3 is 5.97 Å². The minimum atomic E-state index is -2.03. The smallest absolute Gasteiger partial charge is 0.305 e. The highest BCUT2D eigenvalue weighted by atomic mass is 35.5. The van der Waals surface area contributed by atoms with Gasteiger partial charge in [-0.15, -0.1) is 0 Å². The second kappa shape index (κ2) is 14.0. The fraction of sp³-hybridized carbons (Fsp3) is 0.607. The van der Waals surface area contributed by atoms with Crippen LogP contribution in [0, 0.1) is 5.92 Å². The zero-order chi connectivity index (χ0) is 29.7. The first-order chi connectivity index (χ1) is 18.8. The van der Waals surface area contributed by atoms with Crippen molar-refractivity contribution in [2.24, 2.45) is 5.92 Å². The first-order valence-corrected chi connectivity index (χ1v) is 18.4. The molecule has 12 heteroatoms. The number of pyridine rings is 1. The number of thioether (sulfide) groups is 1. The Morgan fingerprint density at radius 2 is 1.73 bits per heavy atom. The highest BCUT2D eigenvalue weighted by Crippen LogP contribution is 2.38. The molecule has 0 spiro atoms. The third-order valence-corrected chi connectivity index (χ3v) is 13.7. The number of nitrogens with zero attached hydrogens (tertiary/aromatic N) is 4. The van der Waals surface area contributed by atoms with Crippen molar-refractivity contribution in [1.82, 2.24) is 15.0 Å². The molecule has 2 aromatic heterocycles. The minimum absolute atomic E-state index is 0.0120. The van der Waals surface area contributed by atoms with Crippen LogP contribution in [-0.4, -0.2) is 61.7 Å². The Morgan fingerprint density at radius 1 is 1.10 bits per heavy atom. The molecule has 1 fully saturated rings. The number of esters is 1. The van der Waals surface area contributed by atoms with Gasteiger partial charge in [-0.1, -0.05) is 55.7 Å². The number of ether oxygens (including phenoxy) is 1. The number of methoxy groups -OCH3 is 1. The zero-order valence-electron chi connectivity index (χ0n) is 24.4. The summed E-state index contributed by atoms with van der Waals surface area (Å²) in [6, 6.07) is 3.89. The van der Waals surface area contributed by atoms with Crippen LogP contribution >= 0.6 is 35.0 Å². The Balaban J connectivity index is 1.82. The van der Waals surface area contributed by atoms with E-state index in [2.05, 4.69) is 43.8 Å². The Labute approximate surface area is 253 Å². The third kappa shape index (κ3) is 8.18. The van der Waals surface area contributed by atoms with Gasteiger partial charge in [0.2, 0.25) is 0 Å². The van der Waals surface area contributed by atoms with E-state index in [4.69, 9.17) is 37.3 Å². The minimum Gasteiger partial charge on any atom is -0.469 e. The number of hydrogen-bond donors (Lipinski definition) is 0. The lowest BCUT2D eigenvalue weighted by Crippen LogP contribution is -2.43. The number of halogens is 2. The predicted molar refractivity (Wildman–Crippen MR) is 164 cm³/mol. The summed E-state index contributed by atoms with van der Waals surface area (Å²) in [5, 5.41) is 0.456. The molecule has 0 unspecified atom stereocenters. The van der Waals surface area contributed by atoms with E-state index < -0.39 is 14.2 Å². The number of carbonyl (C=O) groups is 2. The van der Waals surface area contributed by atoms with Gasteiger partial charge in [0.05, 0.1) is 25.6 Å². The molecule has 0 saturated heterocycles. The van der Waals surface area contributed by atoms with Crippen molar-refractivity contribution in [3.05, 3.63) is 39.9 Å². The van der Waals surface area contributed by atoms with Crippen LogP contribution in [0.2, 0.25) is 28.4 Å². The molecular weight excluding hydrogens is 587 g/mol. The van der Waals surface area contributed by atoms with Gasteiger partial charge in [0.1, 0.15) is 15.9 Å². The van der Waals surface area contributed by atoms with E-state index in [-0.39, 0.29) is 26.9 Å². The maximum atomic E-state index is 13.8. The molecule has 220 valence electrons. The SMILES string of the molecule is COC(=O)CC1CCC(c2ccc(N(CCO[Si](C)(C)C(C)(C)C)C(=O)c3c(Cl)nc(SC)nc3Cl)cn2)CC1. The molecule has 1 aliphatic carbocycles. The average molecular weight is 628 g/mol. The molecule has 0 N–H and O–H groups in total. The molecule has 1 aliphatic rings. The Bertz CT molecular complexity index is 1160. The van der Waals surface area contributed by atoms with Crippen LogP contribution in [0.25, 0.3) is 0 Å². The van der Waals surface area contributed by atoms with Gasteiger partial charge < -0.3 is 14.1 Å². The second-order valence-corrected chi connectivity index (χ2v) is 18.0. The van der Waals surface area contributed by atoms with Crippen molar-refractivity contribution >= 4 is 60.8 Å². The first-order valence-electron chi connectivity index (χ1n) is 13.5. The lowest BCUT2D eigenvalue weighted by molar-refractivity contribution is -0.142. The topological polar surface area (TPSA) is 94.5 Å². The van der Waals surface area contributed by atoms with Crippen LogP contribution in [0.3, 0.4) is 0 Å². The zero-order valence-corrected chi connectivity index (χ0v) is 27.8. The van der Waals surface area contributed by atoms with E-state index >= 15 is 0 Å². The van der Waals surface area contributed by atoms with Gasteiger partial charge in [0.25, 0.3) is 5.91 Å². The molecule has 1 amide bonds. The molecular formula is C28H40Cl2N4O4SSi. The Morgan fingerprint density at radius 3 is 2.23 bits per heavy atom. The number of aromatic nitrogens is 3. The lowest BCUT2D eigenvalue weighted by Gasteiger charge is -2.37. The monoisotopic (exact) mass is 626 g/mol. The van der Waals surface area contributed by atoms with Crippen LogP contribution in [0.5, 0.6) is 0 Å². The van der Waals surface area contributed by atoms with E-state index in [0.717, 1.165) is 31.4 Å². The summed E-state index contributed by atoms with van der Waals surface area (Å²) in [5.41, 5.74) is 1.66. The number of rotatable bonds is 10. The number of amides is 1. The number of hydrogen-bond acceptors (Lipinski definition) is 8. The van der Waals surface area contributed by atoms with Crippen molar-refractivity contribution in [3.63, 3.8) is 0 Å². The fourth-order valence-electron chi connectivity index (χ4n) is 4.53. The first kappa shape index (κ1) is 32.8. The normalized spacial score (nSPS) is 17.9. The fourth-order valence-corrected chi connectivity index (χ4v) is 6.58. The van der Waals surface area contributed by atoms with Gasteiger partial charge in [-0.2, -0.15) is 0 Å². The summed E-state index contributed by atoms with van der Waals surface area (Å²) in [6.45, 7) is 11.5. The van der Waals surface area contributed by atoms with Crippen LogP contribution in [0.1, 0.15) is 74.8 Å². The van der Waals surface area contributed by atoms with Crippen molar-refractivity contribution in [1.29, 1.82) is 0 Å². The highest BCUT2D eigenvalue weighted by Gasteiger charge is 2.37. The van der Waals surface area contributed by atoms with Gasteiger partial charge in [-0.3, -0.25) is 14.6 Å². The third-order valence-electron chi connectivity index (χ3n) is 8.06. The molecule has 8 nitrogen and oxygen atoms in total. The Hall–Kier alpha value is -1.72. The van der Waals surface area contributed by atoms with Crippen molar-refractivity contribution < 1.29 is 18.8 Å². The lowest BCUT2D eigenvalue weighted by atomic mass is 9.79. The number of anilines is 1. The standard InChI is InChI=1S/C28H40Cl2N4O4SSi/c1-28(2,3)40(6,7)38-15-14-34(26(36)23-24(29)32-27(39-5)33-25(23)30)20-12-13-21(31-17-20)19-10-8-18(9-11-19)16-22(35)37-4/h12-13,17-19H,8-11,14-16H2,1-7H3. The van der Waals surface area contributed by atoms with Gasteiger partial charge in [0, 0.05) is 24.6 Å². The summed E-state index contributed by atoms with van der Waals surface area (Å²) in [6.07, 6.45) is 7.84. The summed E-state index contributed by atoms with van der Waals surface area (Å²) >= 11 is 14.1. The summed E-state index contributed by atoms with van der Waals surface area (Å²) in [4.78, 5) is 40.3. The van der Waals surface area contributed by atoms with E-state index in [0.29, 0.717) is 42.3 Å². The molecule has 0 atom stereocenters. The molecule has 40 heavy (non-hydrogen) atoms.